The van der Waals surface area contributed by atoms with Gasteiger partial charge in [0.05, 0.1) is 12.8 Å². The zero-order valence-electron chi connectivity index (χ0n) is 11.6. The van der Waals surface area contributed by atoms with E-state index < -0.39 is 0 Å². The highest BCUT2D eigenvalue weighted by Crippen LogP contribution is 2.24. The van der Waals surface area contributed by atoms with E-state index in [1.807, 2.05) is 24.3 Å². The summed E-state index contributed by atoms with van der Waals surface area (Å²) in [7, 11) is 1.55. The van der Waals surface area contributed by atoms with Gasteiger partial charge in [-0.3, -0.25) is 4.79 Å². The van der Waals surface area contributed by atoms with Crippen molar-refractivity contribution in [3.8, 4) is 5.75 Å². The van der Waals surface area contributed by atoms with E-state index in [1.165, 1.54) is 5.56 Å². The number of nitrogens with one attached hydrogen (secondary N) is 1. The largest absolute Gasteiger partial charge is 0.495 e. The number of nitrogen functional groups attached to an aromatic ring is 1. The zero-order chi connectivity index (χ0) is 14.5. The second-order valence-corrected chi connectivity index (χ2v) is 4.46. The van der Waals surface area contributed by atoms with Gasteiger partial charge in [-0.1, -0.05) is 19.1 Å². The molecule has 2 aromatic carbocycles. The molecule has 0 aliphatic heterocycles. The molecule has 0 bridgehead atoms. The molecule has 0 saturated carbocycles. The number of amides is 1. The minimum atomic E-state index is -0.155. The number of aryl methyl sites for hydroxylation is 1. The van der Waals surface area contributed by atoms with Gasteiger partial charge in [-0.15, -0.1) is 0 Å². The predicted molar refractivity (Wildman–Crippen MR) is 81.2 cm³/mol. The van der Waals surface area contributed by atoms with Crippen LogP contribution in [0, 0.1) is 0 Å². The van der Waals surface area contributed by atoms with Crippen LogP contribution >= 0.6 is 0 Å². The van der Waals surface area contributed by atoms with Crippen LogP contribution in [0.1, 0.15) is 22.8 Å². The SMILES string of the molecule is CCc1ccc(C(=O)Nc2ccc(OC)c(N)c2)cc1. The molecule has 4 nitrogen and oxygen atoms in total. The quantitative estimate of drug-likeness (QED) is 0.839. The van der Waals surface area contributed by atoms with Crippen LogP contribution in [0.3, 0.4) is 0 Å². The summed E-state index contributed by atoms with van der Waals surface area (Å²) in [6.45, 7) is 2.08. The van der Waals surface area contributed by atoms with E-state index in [0.717, 1.165) is 6.42 Å². The van der Waals surface area contributed by atoms with Crippen LogP contribution in [0.25, 0.3) is 0 Å². The number of anilines is 2. The van der Waals surface area contributed by atoms with Crippen molar-refractivity contribution in [1.29, 1.82) is 0 Å². The van der Waals surface area contributed by atoms with Crippen LogP contribution in [0.2, 0.25) is 0 Å². The van der Waals surface area contributed by atoms with E-state index in [4.69, 9.17) is 10.5 Å². The number of carbonyl (C=O) groups excluding carboxylic acids is 1. The van der Waals surface area contributed by atoms with E-state index >= 15 is 0 Å². The predicted octanol–water partition coefficient (Wildman–Crippen LogP) is 3.09. The van der Waals surface area contributed by atoms with Crippen LogP contribution in [0.15, 0.2) is 42.5 Å². The Bertz CT molecular complexity index is 606. The van der Waals surface area contributed by atoms with Gasteiger partial charge in [-0.25, -0.2) is 0 Å². The lowest BCUT2D eigenvalue weighted by atomic mass is 10.1. The molecule has 0 heterocycles. The molecule has 0 radical (unpaired) electrons. The third-order valence-electron chi connectivity index (χ3n) is 3.11. The third-order valence-corrected chi connectivity index (χ3v) is 3.11. The average molecular weight is 270 g/mol. The van der Waals surface area contributed by atoms with Gasteiger partial charge in [0.15, 0.2) is 0 Å². The van der Waals surface area contributed by atoms with Crippen LogP contribution < -0.4 is 15.8 Å². The van der Waals surface area contributed by atoms with Gasteiger partial charge in [0.2, 0.25) is 0 Å². The van der Waals surface area contributed by atoms with Gasteiger partial charge in [-0.2, -0.15) is 0 Å². The lowest BCUT2D eigenvalue weighted by Crippen LogP contribution is -2.12. The summed E-state index contributed by atoms with van der Waals surface area (Å²) in [6, 6.07) is 12.7. The summed E-state index contributed by atoms with van der Waals surface area (Å²) in [5, 5.41) is 2.81. The first-order chi connectivity index (χ1) is 9.63. The lowest BCUT2D eigenvalue weighted by molar-refractivity contribution is 0.102. The summed E-state index contributed by atoms with van der Waals surface area (Å²) in [5.74, 6) is 0.438. The van der Waals surface area contributed by atoms with Gasteiger partial charge < -0.3 is 15.8 Å². The minimum absolute atomic E-state index is 0.155. The smallest absolute Gasteiger partial charge is 0.255 e. The zero-order valence-corrected chi connectivity index (χ0v) is 11.6. The Balaban J connectivity index is 2.12. The summed E-state index contributed by atoms with van der Waals surface area (Å²) in [5.41, 5.74) is 8.77. The topological polar surface area (TPSA) is 64.3 Å². The van der Waals surface area contributed by atoms with Crippen LogP contribution in [0.4, 0.5) is 11.4 Å². The number of benzene rings is 2. The Labute approximate surface area is 118 Å². The van der Waals surface area contributed by atoms with Crippen molar-refractivity contribution in [3.63, 3.8) is 0 Å². The van der Waals surface area contributed by atoms with Gasteiger partial charge in [0, 0.05) is 11.3 Å². The molecule has 0 spiro atoms. The molecule has 104 valence electrons. The first-order valence-electron chi connectivity index (χ1n) is 6.48. The van der Waals surface area contributed by atoms with Crippen molar-refractivity contribution in [2.24, 2.45) is 0 Å². The number of methoxy groups -OCH3 is 1. The minimum Gasteiger partial charge on any atom is -0.495 e. The summed E-state index contributed by atoms with van der Waals surface area (Å²) in [6.07, 6.45) is 0.955. The molecule has 0 saturated heterocycles. The molecule has 0 atom stereocenters. The van der Waals surface area contributed by atoms with Gasteiger partial charge in [-0.05, 0) is 42.3 Å². The molecule has 2 rings (SSSR count). The molecular weight excluding hydrogens is 252 g/mol. The Morgan fingerprint density at radius 2 is 1.90 bits per heavy atom. The first-order valence-corrected chi connectivity index (χ1v) is 6.48. The van der Waals surface area contributed by atoms with E-state index in [9.17, 15) is 4.79 Å². The molecule has 0 aliphatic rings. The van der Waals surface area contributed by atoms with Crippen molar-refractivity contribution in [3.05, 3.63) is 53.6 Å². The Kier molecular flexibility index (Phi) is 4.25. The highest BCUT2D eigenvalue weighted by molar-refractivity contribution is 6.04. The van der Waals surface area contributed by atoms with Crippen LogP contribution in [-0.4, -0.2) is 13.0 Å². The van der Waals surface area contributed by atoms with E-state index in [-0.39, 0.29) is 5.91 Å². The molecule has 4 heteroatoms. The standard InChI is InChI=1S/C16H18N2O2/c1-3-11-4-6-12(7-5-11)16(19)18-13-8-9-15(20-2)14(17)10-13/h4-10H,3,17H2,1-2H3,(H,18,19). The van der Waals surface area contributed by atoms with Gasteiger partial charge in [0.1, 0.15) is 5.75 Å². The monoisotopic (exact) mass is 270 g/mol. The average Bonchev–Trinajstić information content (AvgIpc) is 2.47. The fourth-order valence-corrected chi connectivity index (χ4v) is 1.91. The van der Waals surface area contributed by atoms with E-state index in [2.05, 4.69) is 12.2 Å². The molecule has 1 amide bonds. The number of rotatable bonds is 4. The van der Waals surface area contributed by atoms with Crippen LogP contribution in [0.5, 0.6) is 5.75 Å². The van der Waals surface area contributed by atoms with E-state index in [1.54, 1.807) is 25.3 Å². The number of hydrogen-bond donors (Lipinski definition) is 2. The third kappa shape index (κ3) is 3.09. The maximum absolute atomic E-state index is 12.1. The molecule has 0 aromatic heterocycles. The first kappa shape index (κ1) is 13.9. The summed E-state index contributed by atoms with van der Waals surface area (Å²) in [4.78, 5) is 12.1. The summed E-state index contributed by atoms with van der Waals surface area (Å²) < 4.78 is 5.08. The number of nitrogens with two attached hydrogens (primary N) is 1. The Morgan fingerprint density at radius 1 is 1.20 bits per heavy atom. The lowest BCUT2D eigenvalue weighted by Gasteiger charge is -2.09. The van der Waals surface area contributed by atoms with Gasteiger partial charge >= 0.3 is 0 Å². The van der Waals surface area contributed by atoms with Crippen molar-refractivity contribution in [2.45, 2.75) is 13.3 Å². The number of ether oxygens (including phenoxy) is 1. The molecule has 0 fully saturated rings. The Hall–Kier alpha value is -2.49. The molecule has 3 N–H and O–H groups in total. The second-order valence-electron chi connectivity index (χ2n) is 4.46. The van der Waals surface area contributed by atoms with Crippen molar-refractivity contribution in [1.82, 2.24) is 0 Å². The maximum atomic E-state index is 12.1. The number of hydrogen-bond acceptors (Lipinski definition) is 3. The number of carbonyl (C=O) groups is 1. The van der Waals surface area contributed by atoms with E-state index in [0.29, 0.717) is 22.7 Å². The molecule has 2 aromatic rings. The highest BCUT2D eigenvalue weighted by atomic mass is 16.5. The second kappa shape index (κ2) is 6.10. The Morgan fingerprint density at radius 3 is 2.45 bits per heavy atom. The molecule has 0 unspecified atom stereocenters. The van der Waals surface area contributed by atoms with Crippen LogP contribution in [-0.2, 0) is 6.42 Å². The van der Waals surface area contributed by atoms with Crippen molar-refractivity contribution in [2.75, 3.05) is 18.2 Å². The van der Waals surface area contributed by atoms with Crippen molar-refractivity contribution < 1.29 is 9.53 Å². The molecular formula is C16H18N2O2. The van der Waals surface area contributed by atoms with Gasteiger partial charge in [0.25, 0.3) is 5.91 Å². The fraction of sp³-hybridized carbons (Fsp3) is 0.188. The molecule has 0 aliphatic carbocycles. The highest BCUT2D eigenvalue weighted by Gasteiger charge is 2.07. The fourth-order valence-electron chi connectivity index (χ4n) is 1.91. The maximum Gasteiger partial charge on any atom is 0.255 e. The normalized spacial score (nSPS) is 10.1. The molecule has 20 heavy (non-hydrogen) atoms. The summed E-state index contributed by atoms with van der Waals surface area (Å²) >= 11 is 0. The van der Waals surface area contributed by atoms with Crippen molar-refractivity contribution >= 4 is 17.3 Å².